The summed E-state index contributed by atoms with van der Waals surface area (Å²) in [6.45, 7) is 5.19. The van der Waals surface area contributed by atoms with E-state index >= 15 is 0 Å². The van der Waals surface area contributed by atoms with Gasteiger partial charge < -0.3 is 58.5 Å². The van der Waals surface area contributed by atoms with Crippen LogP contribution in [0.1, 0.15) is 117 Å². The second-order valence-electron chi connectivity index (χ2n) is 17.9. The lowest BCUT2D eigenvalue weighted by atomic mass is 10.0. The van der Waals surface area contributed by atoms with E-state index in [9.17, 15) is 43.5 Å². The zero-order valence-corrected chi connectivity index (χ0v) is 41.4. The highest BCUT2D eigenvalue weighted by Crippen LogP contribution is 2.33. The number of thioether (sulfide) groups is 1. The lowest BCUT2D eigenvalue weighted by Gasteiger charge is -2.23. The molecule has 20 nitrogen and oxygen atoms in total. The van der Waals surface area contributed by atoms with Crippen molar-refractivity contribution < 1.29 is 48.2 Å². The van der Waals surface area contributed by atoms with Crippen molar-refractivity contribution in [2.45, 2.75) is 146 Å². The summed E-state index contributed by atoms with van der Waals surface area (Å²) >= 11 is 1.85. The van der Waals surface area contributed by atoms with Crippen LogP contribution in [-0.2, 0) is 39.9 Å². The molecule has 0 spiro atoms. The number of ether oxygens (including phenoxy) is 1. The van der Waals surface area contributed by atoms with E-state index in [0.29, 0.717) is 79.0 Å². The number of fused-ring (bicyclic) bond motifs is 1. The largest absolute Gasteiger partial charge is 0.508 e. The third-order valence-corrected chi connectivity index (χ3v) is 13.6. The minimum Gasteiger partial charge on any atom is -0.508 e. The van der Waals surface area contributed by atoms with Gasteiger partial charge in [0, 0.05) is 56.8 Å². The number of hydrogen-bond donors (Lipinski definition) is 10. The number of guanidine groups is 1. The number of rotatable bonds is 31. The Hall–Kier alpha value is -6.38. The molecular weight excluding hydrogens is 921 g/mol. The number of amides is 7. The third-order valence-electron chi connectivity index (χ3n) is 12.1. The van der Waals surface area contributed by atoms with Crippen LogP contribution >= 0.6 is 11.8 Å². The molecular formula is C49H72N10O10S. The zero-order valence-electron chi connectivity index (χ0n) is 40.6. The number of carbonyl (C=O) groups is 8. The van der Waals surface area contributed by atoms with Crippen molar-refractivity contribution in [3.8, 4) is 5.75 Å². The number of nitrogens with one attached hydrogen (secondary N) is 7. The Bertz CT molecular complexity index is 2120. The smallest absolute Gasteiger partial charge is 0.339 e. The fraction of sp³-hybridized carbons (Fsp3) is 0.571. The molecule has 2 aliphatic heterocycles. The molecule has 0 radical (unpaired) electrons. The molecule has 0 saturated carbocycles. The van der Waals surface area contributed by atoms with E-state index < -0.39 is 54.2 Å². The summed E-state index contributed by atoms with van der Waals surface area (Å²) < 4.78 is 5.36. The van der Waals surface area contributed by atoms with Gasteiger partial charge in [-0.05, 0) is 100 Å². The Labute approximate surface area is 414 Å². The molecule has 0 aliphatic carbocycles. The van der Waals surface area contributed by atoms with E-state index in [0.717, 1.165) is 25.0 Å². The Morgan fingerprint density at radius 1 is 0.771 bits per heavy atom. The number of aromatic hydroxyl groups is 1. The number of esters is 1. The van der Waals surface area contributed by atoms with Crippen LogP contribution in [0.15, 0.2) is 47.5 Å². The first-order valence-electron chi connectivity index (χ1n) is 24.2. The molecule has 6 atom stereocenters. The Morgan fingerprint density at radius 2 is 1.44 bits per heavy atom. The summed E-state index contributed by atoms with van der Waals surface area (Å²) in [5.41, 5.74) is 13.3. The van der Waals surface area contributed by atoms with Crippen molar-refractivity contribution in [1.29, 1.82) is 0 Å². The van der Waals surface area contributed by atoms with Gasteiger partial charge in [0.2, 0.25) is 29.5 Å². The number of Topliss-reactive ketones (excluding diaryl/α,β-unsaturated/α-hetero) is 1. The fourth-order valence-corrected chi connectivity index (χ4v) is 9.92. The number of unbranched alkanes of at least 4 members (excludes halogenated alkanes) is 4. The normalized spacial score (nSPS) is 17.1. The van der Waals surface area contributed by atoms with Crippen LogP contribution in [0.5, 0.6) is 5.75 Å². The first kappa shape index (κ1) is 56.2. The molecule has 7 amide bonds. The molecule has 2 aromatic carbocycles. The molecule has 2 heterocycles. The van der Waals surface area contributed by atoms with Crippen LogP contribution in [0.4, 0.5) is 4.79 Å². The van der Waals surface area contributed by atoms with Crippen LogP contribution in [0.2, 0.25) is 0 Å². The summed E-state index contributed by atoms with van der Waals surface area (Å²) in [4.78, 5) is 107. The van der Waals surface area contributed by atoms with Crippen LogP contribution < -0.4 is 48.7 Å². The lowest BCUT2D eigenvalue weighted by Crippen LogP contribution is -2.54. The predicted molar refractivity (Wildman–Crippen MR) is 267 cm³/mol. The van der Waals surface area contributed by atoms with Crippen molar-refractivity contribution in [2.24, 2.45) is 16.5 Å². The van der Waals surface area contributed by atoms with Gasteiger partial charge in [-0.3, -0.25) is 33.8 Å². The molecule has 4 rings (SSSR count). The maximum Gasteiger partial charge on any atom is 0.339 e. The van der Waals surface area contributed by atoms with Crippen molar-refractivity contribution in [3.05, 3.63) is 64.7 Å². The molecule has 2 fully saturated rings. The summed E-state index contributed by atoms with van der Waals surface area (Å²) in [6.07, 6.45) is 6.53. The van der Waals surface area contributed by atoms with Crippen LogP contribution in [0, 0.1) is 13.8 Å². The number of nitrogens with zero attached hydrogens (tertiary/aromatic N) is 1. The second-order valence-corrected chi connectivity index (χ2v) is 19.2. The molecule has 384 valence electrons. The average Bonchev–Trinajstić information content (AvgIpc) is 3.87. The minimum absolute atomic E-state index is 0.0412. The standard InChI is InChI=1S/C49H72N10O10S/c1-30-13-11-14-31(2)43(30)47(67)69-28-39(62)35(16-12-26-54-48(50)51)56-42(64)19-5-4-9-25-53-45(65)37(27-33-20-22-34(61)23-21-33)57-46(66)36(55-32(3)60)15-8-10-24-52-41(63)18-7-6-17-40-44-38(29-70-40)58-49(68)59-44/h11,13-14,20-23,35-38,40,44,61H,4-10,12,15-19,24-29H2,1-3H3,(H,52,63)(H,53,65)(H,55,60)(H,56,64)(H,57,66)(H4,50,51,54)(H2,58,59,68)/t35-,36-,37-,38-,40?,44-/m0/s1. The van der Waals surface area contributed by atoms with E-state index in [4.69, 9.17) is 16.2 Å². The van der Waals surface area contributed by atoms with Gasteiger partial charge in [-0.1, -0.05) is 43.2 Å². The highest BCUT2D eigenvalue weighted by atomic mass is 32.2. The summed E-state index contributed by atoms with van der Waals surface area (Å²) in [5.74, 6) is -2.13. The third kappa shape index (κ3) is 19.9. The Morgan fingerprint density at radius 3 is 2.16 bits per heavy atom. The highest BCUT2D eigenvalue weighted by molar-refractivity contribution is 8.00. The summed E-state index contributed by atoms with van der Waals surface area (Å²) in [7, 11) is 0. The van der Waals surface area contributed by atoms with E-state index in [1.54, 1.807) is 38.1 Å². The number of urea groups is 1. The average molecular weight is 993 g/mol. The zero-order chi connectivity index (χ0) is 51.0. The first-order valence-corrected chi connectivity index (χ1v) is 25.2. The number of ketones is 1. The minimum atomic E-state index is -1.03. The quantitative estimate of drug-likeness (QED) is 0.0171. The van der Waals surface area contributed by atoms with Gasteiger partial charge in [-0.15, -0.1) is 0 Å². The van der Waals surface area contributed by atoms with Gasteiger partial charge in [-0.2, -0.15) is 11.8 Å². The number of aryl methyl sites for hydroxylation is 2. The maximum absolute atomic E-state index is 13.6. The molecule has 1 unspecified atom stereocenters. The van der Waals surface area contributed by atoms with Gasteiger partial charge in [0.1, 0.15) is 17.8 Å². The monoisotopic (exact) mass is 993 g/mol. The van der Waals surface area contributed by atoms with Crippen molar-refractivity contribution in [3.63, 3.8) is 0 Å². The van der Waals surface area contributed by atoms with Gasteiger partial charge in [0.25, 0.3) is 0 Å². The molecule has 0 bridgehead atoms. The van der Waals surface area contributed by atoms with Crippen molar-refractivity contribution in [1.82, 2.24) is 37.2 Å². The predicted octanol–water partition coefficient (Wildman–Crippen LogP) is 2.19. The molecule has 2 aliphatic rings. The van der Waals surface area contributed by atoms with E-state index in [2.05, 4.69) is 42.2 Å². The molecule has 12 N–H and O–H groups in total. The van der Waals surface area contributed by atoms with Gasteiger partial charge in [0.05, 0.1) is 23.7 Å². The number of benzene rings is 2. The fourth-order valence-electron chi connectivity index (χ4n) is 8.38. The number of hydrogen-bond acceptors (Lipinski definition) is 12. The highest BCUT2D eigenvalue weighted by Gasteiger charge is 2.42. The second kappa shape index (κ2) is 29.6. The van der Waals surface area contributed by atoms with Gasteiger partial charge >= 0.3 is 12.0 Å². The molecule has 2 saturated heterocycles. The molecule has 70 heavy (non-hydrogen) atoms. The number of nitrogens with two attached hydrogens (primary N) is 2. The first-order chi connectivity index (χ1) is 33.5. The lowest BCUT2D eigenvalue weighted by molar-refractivity contribution is -0.131. The van der Waals surface area contributed by atoms with Crippen LogP contribution in [0.25, 0.3) is 0 Å². The summed E-state index contributed by atoms with van der Waals surface area (Å²) in [6, 6.07) is 8.91. The number of aliphatic imine (C=N–C) groups is 1. The number of carbonyl (C=O) groups excluding carboxylic acids is 8. The molecule has 21 heteroatoms. The van der Waals surface area contributed by atoms with Crippen LogP contribution in [-0.4, -0.2) is 126 Å². The number of phenolic OH excluding ortho intramolecular Hbond substituents is 1. The van der Waals surface area contributed by atoms with E-state index in [1.165, 1.54) is 19.1 Å². The van der Waals surface area contributed by atoms with E-state index in [-0.39, 0.29) is 80.4 Å². The van der Waals surface area contributed by atoms with Gasteiger partial charge in [-0.25, -0.2) is 9.59 Å². The van der Waals surface area contributed by atoms with Crippen LogP contribution in [0.3, 0.4) is 0 Å². The summed E-state index contributed by atoms with van der Waals surface area (Å²) in [5, 5.41) is 30.1. The van der Waals surface area contributed by atoms with Crippen molar-refractivity contribution >= 4 is 65.0 Å². The topological polar surface area (TPSA) is 315 Å². The molecule has 2 aromatic rings. The molecule has 0 aromatic heterocycles. The van der Waals surface area contributed by atoms with Crippen molar-refractivity contribution in [2.75, 3.05) is 32.0 Å². The maximum atomic E-state index is 13.6. The van der Waals surface area contributed by atoms with E-state index in [1.807, 2.05) is 17.8 Å². The Kier molecular flexibility index (Phi) is 23.8. The Balaban J connectivity index is 1.20. The number of phenols is 1. The SMILES string of the molecule is CC(=O)N[C@@H](CCCCNC(=O)CCCCC1SC[C@@H]2NC(=O)N[C@H]12)C(=O)N[C@@H](Cc1ccc(O)cc1)C(=O)NCCCCCC(=O)N[C@@H](CCCN=C(N)N)C(=O)COC(=O)c1c(C)cccc1C. The van der Waals surface area contributed by atoms with Gasteiger partial charge in [0.15, 0.2) is 18.3 Å².